The van der Waals surface area contributed by atoms with E-state index in [9.17, 15) is 4.79 Å². The minimum absolute atomic E-state index is 0.0207. The molecule has 0 aromatic heterocycles. The minimum atomic E-state index is -0.0841. The maximum atomic E-state index is 11.0. The van der Waals surface area contributed by atoms with Gasteiger partial charge in [-0.05, 0) is 13.3 Å². The van der Waals surface area contributed by atoms with Gasteiger partial charge in [0, 0.05) is 0 Å². The first-order chi connectivity index (χ1) is 6.68. The number of alkyl halides is 1. The highest BCUT2D eigenvalue weighted by Gasteiger charge is 2.08. The lowest BCUT2D eigenvalue weighted by Gasteiger charge is -2.05. The SMILES string of the molecule is CCCCCCCCOC(=O)C(C)I. The highest BCUT2D eigenvalue weighted by Crippen LogP contribution is 2.06. The smallest absolute Gasteiger partial charge is 0.318 e. The van der Waals surface area contributed by atoms with Gasteiger partial charge in [0.2, 0.25) is 0 Å². The van der Waals surface area contributed by atoms with Crippen LogP contribution in [-0.4, -0.2) is 16.5 Å². The standard InChI is InChI=1S/C11H21IO2/c1-3-4-5-6-7-8-9-14-11(13)10(2)12/h10H,3-9H2,1-2H3. The summed E-state index contributed by atoms with van der Waals surface area (Å²) in [4.78, 5) is 11.0. The molecule has 0 rings (SSSR count). The van der Waals surface area contributed by atoms with Gasteiger partial charge in [0.05, 0.1) is 6.61 Å². The number of rotatable bonds is 8. The Bertz CT molecular complexity index is 146. The monoisotopic (exact) mass is 312 g/mol. The maximum Gasteiger partial charge on any atom is 0.318 e. The molecule has 0 aromatic rings. The molecule has 0 fully saturated rings. The van der Waals surface area contributed by atoms with Crippen molar-refractivity contribution in [3.8, 4) is 0 Å². The molecular weight excluding hydrogens is 291 g/mol. The molecule has 0 bridgehead atoms. The van der Waals surface area contributed by atoms with Gasteiger partial charge in [0.25, 0.3) is 0 Å². The Labute approximate surface area is 101 Å². The summed E-state index contributed by atoms with van der Waals surface area (Å²) in [5.74, 6) is -0.0841. The van der Waals surface area contributed by atoms with Crippen molar-refractivity contribution >= 4 is 28.6 Å². The fourth-order valence-electron chi connectivity index (χ4n) is 1.17. The second-order valence-electron chi connectivity index (χ2n) is 3.55. The normalized spacial score (nSPS) is 12.5. The molecule has 0 heterocycles. The van der Waals surface area contributed by atoms with Crippen LogP contribution in [0, 0.1) is 0 Å². The number of carbonyl (C=O) groups excluding carboxylic acids is 1. The van der Waals surface area contributed by atoms with Crippen molar-refractivity contribution in [2.75, 3.05) is 6.61 Å². The van der Waals surface area contributed by atoms with Gasteiger partial charge < -0.3 is 4.74 Å². The number of esters is 1. The van der Waals surface area contributed by atoms with Gasteiger partial charge in [-0.25, -0.2) is 0 Å². The highest BCUT2D eigenvalue weighted by atomic mass is 127. The summed E-state index contributed by atoms with van der Waals surface area (Å²) in [5, 5.41) is 0. The Kier molecular flexibility index (Phi) is 9.88. The van der Waals surface area contributed by atoms with Crippen LogP contribution in [0.4, 0.5) is 0 Å². The molecule has 0 aliphatic heterocycles. The molecule has 3 heteroatoms. The maximum absolute atomic E-state index is 11.0. The minimum Gasteiger partial charge on any atom is -0.465 e. The molecule has 0 saturated carbocycles. The molecular formula is C11H21IO2. The summed E-state index contributed by atoms with van der Waals surface area (Å²) in [6, 6.07) is 0. The Hall–Kier alpha value is 0.200. The van der Waals surface area contributed by atoms with E-state index in [4.69, 9.17) is 4.74 Å². The van der Waals surface area contributed by atoms with Crippen LogP contribution in [0.15, 0.2) is 0 Å². The molecule has 0 N–H and O–H groups in total. The molecule has 0 aliphatic rings. The average Bonchev–Trinajstić information content (AvgIpc) is 2.16. The molecule has 0 radical (unpaired) electrons. The molecule has 0 aliphatic carbocycles. The van der Waals surface area contributed by atoms with Crippen LogP contribution in [0.25, 0.3) is 0 Å². The number of halogens is 1. The van der Waals surface area contributed by atoms with Gasteiger partial charge in [-0.15, -0.1) is 0 Å². The van der Waals surface area contributed by atoms with Crippen LogP contribution in [0.5, 0.6) is 0 Å². The number of hydrogen-bond donors (Lipinski definition) is 0. The van der Waals surface area contributed by atoms with Gasteiger partial charge in [-0.2, -0.15) is 0 Å². The van der Waals surface area contributed by atoms with Crippen molar-refractivity contribution in [2.45, 2.75) is 56.3 Å². The molecule has 0 aromatic carbocycles. The zero-order valence-electron chi connectivity index (χ0n) is 9.22. The predicted octanol–water partition coefficient (Wildman–Crippen LogP) is 3.71. The second-order valence-corrected chi connectivity index (χ2v) is 5.42. The van der Waals surface area contributed by atoms with Gasteiger partial charge in [-0.3, -0.25) is 4.79 Å². The third-order valence-corrected chi connectivity index (χ3v) is 2.58. The zero-order valence-corrected chi connectivity index (χ0v) is 11.4. The number of ether oxygens (including phenoxy) is 1. The van der Waals surface area contributed by atoms with Crippen LogP contribution in [0.1, 0.15) is 52.4 Å². The van der Waals surface area contributed by atoms with E-state index >= 15 is 0 Å². The van der Waals surface area contributed by atoms with E-state index in [0.717, 1.165) is 6.42 Å². The molecule has 1 unspecified atom stereocenters. The van der Waals surface area contributed by atoms with Gasteiger partial charge in [-0.1, -0.05) is 61.6 Å². The first-order valence-electron chi connectivity index (χ1n) is 5.49. The van der Waals surface area contributed by atoms with E-state index < -0.39 is 0 Å². The van der Waals surface area contributed by atoms with Crippen LogP contribution < -0.4 is 0 Å². The fraction of sp³-hybridized carbons (Fsp3) is 0.909. The third kappa shape index (κ3) is 8.78. The summed E-state index contributed by atoms with van der Waals surface area (Å²) in [5.41, 5.74) is 0. The topological polar surface area (TPSA) is 26.3 Å². The molecule has 0 spiro atoms. The zero-order chi connectivity index (χ0) is 10.8. The molecule has 2 nitrogen and oxygen atoms in total. The summed E-state index contributed by atoms with van der Waals surface area (Å²) in [7, 11) is 0. The average molecular weight is 312 g/mol. The van der Waals surface area contributed by atoms with Gasteiger partial charge in [0.15, 0.2) is 0 Å². The van der Waals surface area contributed by atoms with Crippen LogP contribution in [0.3, 0.4) is 0 Å². The highest BCUT2D eigenvalue weighted by molar-refractivity contribution is 14.1. The van der Waals surface area contributed by atoms with Crippen molar-refractivity contribution in [3.05, 3.63) is 0 Å². The van der Waals surface area contributed by atoms with E-state index in [0.29, 0.717) is 6.61 Å². The lowest BCUT2D eigenvalue weighted by atomic mass is 10.1. The van der Waals surface area contributed by atoms with Crippen molar-refractivity contribution in [3.63, 3.8) is 0 Å². The quantitative estimate of drug-likeness (QED) is 0.295. The molecule has 0 saturated heterocycles. The summed E-state index contributed by atoms with van der Waals surface area (Å²) < 4.78 is 5.04. The second kappa shape index (κ2) is 9.74. The molecule has 84 valence electrons. The Morgan fingerprint density at radius 2 is 1.79 bits per heavy atom. The molecule has 0 amide bonds. The first-order valence-corrected chi connectivity index (χ1v) is 6.73. The van der Waals surface area contributed by atoms with Crippen LogP contribution >= 0.6 is 22.6 Å². The van der Waals surface area contributed by atoms with E-state index in [1.54, 1.807) is 0 Å². The lowest BCUT2D eigenvalue weighted by molar-refractivity contribution is -0.142. The number of unbranched alkanes of at least 4 members (excludes halogenated alkanes) is 5. The van der Waals surface area contributed by atoms with Crippen molar-refractivity contribution in [2.24, 2.45) is 0 Å². The van der Waals surface area contributed by atoms with E-state index in [1.165, 1.54) is 32.1 Å². The molecule has 14 heavy (non-hydrogen) atoms. The van der Waals surface area contributed by atoms with E-state index in [1.807, 2.05) is 6.92 Å². The molecule has 1 atom stereocenters. The van der Waals surface area contributed by atoms with Crippen LogP contribution in [0.2, 0.25) is 0 Å². The third-order valence-electron chi connectivity index (χ3n) is 2.07. The lowest BCUT2D eigenvalue weighted by Crippen LogP contribution is -2.14. The Morgan fingerprint density at radius 3 is 2.36 bits per heavy atom. The largest absolute Gasteiger partial charge is 0.465 e. The first kappa shape index (κ1) is 14.2. The van der Waals surface area contributed by atoms with E-state index in [-0.39, 0.29) is 9.89 Å². The van der Waals surface area contributed by atoms with Gasteiger partial charge in [0.1, 0.15) is 3.92 Å². The predicted molar refractivity (Wildman–Crippen MR) is 67.8 cm³/mol. The summed E-state index contributed by atoms with van der Waals surface area (Å²) in [6.07, 6.45) is 7.38. The summed E-state index contributed by atoms with van der Waals surface area (Å²) in [6.45, 7) is 4.66. The van der Waals surface area contributed by atoms with E-state index in [2.05, 4.69) is 29.5 Å². The van der Waals surface area contributed by atoms with Crippen molar-refractivity contribution in [1.82, 2.24) is 0 Å². The summed E-state index contributed by atoms with van der Waals surface area (Å²) >= 11 is 2.07. The van der Waals surface area contributed by atoms with Crippen molar-refractivity contribution < 1.29 is 9.53 Å². The fourth-order valence-corrected chi connectivity index (χ4v) is 1.35. The van der Waals surface area contributed by atoms with Crippen LogP contribution in [-0.2, 0) is 9.53 Å². The Balaban J connectivity index is 3.10. The number of carbonyl (C=O) groups is 1. The van der Waals surface area contributed by atoms with Gasteiger partial charge >= 0.3 is 5.97 Å². The number of hydrogen-bond acceptors (Lipinski definition) is 2. The van der Waals surface area contributed by atoms with Crippen molar-refractivity contribution in [1.29, 1.82) is 0 Å². The Morgan fingerprint density at radius 1 is 1.21 bits per heavy atom.